The van der Waals surface area contributed by atoms with Crippen LogP contribution < -0.4 is 10.2 Å². The Kier molecular flexibility index (Phi) is 5.58. The number of allylic oxidation sites excluding steroid dienone is 1. The SMILES string of the molecule is C=C(C)c1coc2ccc(C(=O)Nc3cnccc3N3C[C@H](C)C[C@H](I)C3)nc12. The van der Waals surface area contributed by atoms with E-state index >= 15 is 0 Å². The summed E-state index contributed by atoms with van der Waals surface area (Å²) < 4.78 is 6.09. The van der Waals surface area contributed by atoms with E-state index < -0.39 is 0 Å². The van der Waals surface area contributed by atoms with Crippen LogP contribution in [-0.2, 0) is 0 Å². The molecule has 0 aliphatic carbocycles. The highest BCUT2D eigenvalue weighted by atomic mass is 127. The van der Waals surface area contributed by atoms with Gasteiger partial charge in [0.05, 0.1) is 17.6 Å². The van der Waals surface area contributed by atoms with Crippen molar-refractivity contribution in [2.24, 2.45) is 5.92 Å². The van der Waals surface area contributed by atoms with E-state index in [9.17, 15) is 4.79 Å². The van der Waals surface area contributed by atoms with Gasteiger partial charge in [0.2, 0.25) is 0 Å². The van der Waals surface area contributed by atoms with Crippen molar-refractivity contribution in [3.8, 4) is 0 Å². The Morgan fingerprint density at radius 1 is 1.34 bits per heavy atom. The molecule has 0 spiro atoms. The first-order chi connectivity index (χ1) is 13.9. The van der Waals surface area contributed by atoms with Gasteiger partial charge in [-0.2, -0.15) is 0 Å². The smallest absolute Gasteiger partial charge is 0.274 e. The summed E-state index contributed by atoms with van der Waals surface area (Å²) in [7, 11) is 0. The Morgan fingerprint density at radius 2 is 2.17 bits per heavy atom. The third kappa shape index (κ3) is 4.14. The molecular formula is C22H23IN4O2. The number of nitrogens with zero attached hydrogens (tertiary/aromatic N) is 3. The van der Waals surface area contributed by atoms with Crippen LogP contribution in [0.25, 0.3) is 16.7 Å². The zero-order valence-electron chi connectivity index (χ0n) is 16.5. The molecule has 1 fully saturated rings. The highest BCUT2D eigenvalue weighted by molar-refractivity contribution is 14.1. The lowest BCUT2D eigenvalue weighted by molar-refractivity contribution is 0.102. The summed E-state index contributed by atoms with van der Waals surface area (Å²) in [6.45, 7) is 10.0. The number of piperidine rings is 1. The number of anilines is 2. The fourth-order valence-corrected chi connectivity index (χ4v) is 5.10. The Hall–Kier alpha value is -2.42. The predicted octanol–water partition coefficient (Wildman–Crippen LogP) is 5.16. The van der Waals surface area contributed by atoms with Gasteiger partial charge in [-0.05, 0) is 43.0 Å². The molecule has 0 radical (unpaired) electrons. The highest BCUT2D eigenvalue weighted by Gasteiger charge is 2.25. The summed E-state index contributed by atoms with van der Waals surface area (Å²) in [4.78, 5) is 24.0. The van der Waals surface area contributed by atoms with Crippen molar-refractivity contribution < 1.29 is 9.21 Å². The van der Waals surface area contributed by atoms with Crippen LogP contribution in [0.5, 0.6) is 0 Å². The fourth-order valence-electron chi connectivity index (χ4n) is 3.76. The molecule has 0 saturated carbocycles. The number of hydrogen-bond acceptors (Lipinski definition) is 5. The number of hydrogen-bond donors (Lipinski definition) is 1. The second kappa shape index (κ2) is 8.14. The van der Waals surface area contributed by atoms with Gasteiger partial charge >= 0.3 is 0 Å². The summed E-state index contributed by atoms with van der Waals surface area (Å²) in [5.74, 6) is 0.333. The third-order valence-electron chi connectivity index (χ3n) is 5.11. The number of carbonyl (C=O) groups is 1. The molecule has 0 unspecified atom stereocenters. The van der Waals surface area contributed by atoms with E-state index in [2.05, 4.69) is 56.3 Å². The lowest BCUT2D eigenvalue weighted by Gasteiger charge is -2.36. The molecule has 1 aliphatic rings. The topological polar surface area (TPSA) is 71.3 Å². The number of furan rings is 1. The van der Waals surface area contributed by atoms with Crippen molar-refractivity contribution in [1.29, 1.82) is 0 Å². The summed E-state index contributed by atoms with van der Waals surface area (Å²) in [6.07, 6.45) is 6.30. The molecule has 3 aromatic rings. The first-order valence-corrected chi connectivity index (χ1v) is 10.9. The van der Waals surface area contributed by atoms with Gasteiger partial charge < -0.3 is 14.6 Å². The van der Waals surface area contributed by atoms with Crippen LogP contribution in [0.2, 0.25) is 0 Å². The van der Waals surface area contributed by atoms with Crippen LogP contribution in [0.1, 0.15) is 36.3 Å². The van der Waals surface area contributed by atoms with Crippen LogP contribution >= 0.6 is 22.6 Å². The first kappa shape index (κ1) is 19.9. The minimum Gasteiger partial charge on any atom is -0.462 e. The molecule has 4 rings (SSSR count). The molecule has 1 aliphatic heterocycles. The average molecular weight is 502 g/mol. The van der Waals surface area contributed by atoms with E-state index in [4.69, 9.17) is 4.42 Å². The number of halogens is 1. The molecule has 7 heteroatoms. The molecule has 1 saturated heterocycles. The van der Waals surface area contributed by atoms with Gasteiger partial charge in [0, 0.05) is 28.8 Å². The molecule has 150 valence electrons. The minimum absolute atomic E-state index is 0.272. The largest absolute Gasteiger partial charge is 0.462 e. The Morgan fingerprint density at radius 3 is 2.93 bits per heavy atom. The maximum absolute atomic E-state index is 13.0. The number of amides is 1. The lowest BCUT2D eigenvalue weighted by atomic mass is 9.99. The van der Waals surface area contributed by atoms with Crippen molar-refractivity contribution in [2.45, 2.75) is 24.2 Å². The summed E-state index contributed by atoms with van der Waals surface area (Å²) in [5.41, 5.74) is 4.96. The van der Waals surface area contributed by atoms with Crippen molar-refractivity contribution >= 4 is 56.5 Å². The quantitative estimate of drug-likeness (QED) is 0.395. The number of rotatable bonds is 4. The maximum Gasteiger partial charge on any atom is 0.274 e. The van der Waals surface area contributed by atoms with E-state index in [0.717, 1.165) is 29.9 Å². The Bertz CT molecular complexity index is 1070. The molecule has 2 atom stereocenters. The molecule has 1 amide bonds. The monoisotopic (exact) mass is 502 g/mol. The van der Waals surface area contributed by atoms with Crippen molar-refractivity contribution in [3.63, 3.8) is 0 Å². The number of carbonyl (C=O) groups excluding carboxylic acids is 1. The molecule has 4 heterocycles. The second-order valence-electron chi connectivity index (χ2n) is 7.66. The second-order valence-corrected chi connectivity index (χ2v) is 9.42. The van der Waals surface area contributed by atoms with Gasteiger partial charge in [0.25, 0.3) is 5.91 Å². The van der Waals surface area contributed by atoms with Crippen LogP contribution in [0, 0.1) is 5.92 Å². The number of aromatic nitrogens is 2. The predicted molar refractivity (Wildman–Crippen MR) is 125 cm³/mol. The van der Waals surface area contributed by atoms with Gasteiger partial charge in [-0.1, -0.05) is 36.1 Å². The lowest BCUT2D eigenvalue weighted by Crippen LogP contribution is -2.40. The van der Waals surface area contributed by atoms with Gasteiger partial charge in [0.1, 0.15) is 17.5 Å². The van der Waals surface area contributed by atoms with E-state index in [0.29, 0.717) is 32.3 Å². The van der Waals surface area contributed by atoms with Crippen LogP contribution in [0.3, 0.4) is 0 Å². The van der Waals surface area contributed by atoms with E-state index in [1.165, 1.54) is 6.42 Å². The Balaban J connectivity index is 1.61. The van der Waals surface area contributed by atoms with Crippen LogP contribution in [-0.4, -0.2) is 32.9 Å². The van der Waals surface area contributed by atoms with E-state index in [-0.39, 0.29) is 5.91 Å². The summed E-state index contributed by atoms with van der Waals surface area (Å²) in [6, 6.07) is 5.40. The number of nitrogens with one attached hydrogen (secondary N) is 1. The molecule has 0 bridgehead atoms. The Labute approximate surface area is 183 Å². The van der Waals surface area contributed by atoms with Gasteiger partial charge in [0.15, 0.2) is 5.58 Å². The zero-order chi connectivity index (χ0) is 20.5. The number of fused-ring (bicyclic) bond motifs is 1. The van der Waals surface area contributed by atoms with Crippen LogP contribution in [0.15, 0.2) is 47.9 Å². The molecule has 6 nitrogen and oxygen atoms in total. The normalized spacial score (nSPS) is 19.3. The number of pyridine rings is 2. The molecule has 0 aromatic carbocycles. The highest BCUT2D eigenvalue weighted by Crippen LogP contribution is 2.32. The molecule has 3 aromatic heterocycles. The van der Waals surface area contributed by atoms with Crippen molar-refractivity contribution in [2.75, 3.05) is 23.3 Å². The number of alkyl halides is 1. The standard InChI is InChI=1S/C22H23IN4O2/c1-13(2)16-12-29-20-5-4-17(25-21(16)20)22(28)26-18-9-24-7-6-19(18)27-10-14(3)8-15(23)11-27/h4-7,9,12,14-15H,1,8,10-11H2,2-3H3,(H,26,28)/t14-,15+/m1/s1. The zero-order valence-corrected chi connectivity index (χ0v) is 18.6. The third-order valence-corrected chi connectivity index (χ3v) is 6.01. The fraction of sp³-hybridized carbons (Fsp3) is 0.318. The average Bonchev–Trinajstić information content (AvgIpc) is 3.11. The van der Waals surface area contributed by atoms with Gasteiger partial charge in [-0.25, -0.2) is 4.98 Å². The summed E-state index contributed by atoms with van der Waals surface area (Å²) >= 11 is 2.51. The minimum atomic E-state index is -0.272. The van der Waals surface area contributed by atoms with Crippen molar-refractivity contribution in [3.05, 3.63) is 54.7 Å². The van der Waals surface area contributed by atoms with Gasteiger partial charge in [-0.15, -0.1) is 0 Å². The van der Waals surface area contributed by atoms with E-state index in [1.54, 1.807) is 30.8 Å². The van der Waals surface area contributed by atoms with Gasteiger partial charge in [-0.3, -0.25) is 9.78 Å². The van der Waals surface area contributed by atoms with E-state index in [1.807, 2.05) is 13.0 Å². The molecular weight excluding hydrogens is 479 g/mol. The van der Waals surface area contributed by atoms with Crippen LogP contribution in [0.4, 0.5) is 11.4 Å². The first-order valence-electron chi connectivity index (χ1n) is 9.61. The molecule has 1 N–H and O–H groups in total. The molecule has 29 heavy (non-hydrogen) atoms. The summed E-state index contributed by atoms with van der Waals surface area (Å²) in [5, 5.41) is 3.00. The van der Waals surface area contributed by atoms with Crippen molar-refractivity contribution in [1.82, 2.24) is 9.97 Å². The maximum atomic E-state index is 13.0.